The molecule has 1 heterocycles. The second kappa shape index (κ2) is 7.49. The number of methoxy groups -OCH3 is 1. The van der Waals surface area contributed by atoms with E-state index in [0.717, 1.165) is 26.1 Å². The Balaban J connectivity index is 2.10. The number of nitrogens with one attached hydrogen (secondary N) is 1. The third-order valence-corrected chi connectivity index (χ3v) is 3.84. The fourth-order valence-electron chi connectivity index (χ4n) is 2.81. The van der Waals surface area contributed by atoms with Gasteiger partial charge in [0.05, 0.1) is 13.2 Å². The van der Waals surface area contributed by atoms with Crippen LogP contribution in [-0.2, 0) is 0 Å². The van der Waals surface area contributed by atoms with Gasteiger partial charge in [0, 0.05) is 18.7 Å². The summed E-state index contributed by atoms with van der Waals surface area (Å²) in [5.41, 5.74) is 0.651. The SMILES string of the molecule is CNCC1CCN(C(=O)c2ccc(OC(C)C)c(OC)c2)C1. The van der Waals surface area contributed by atoms with Crippen molar-refractivity contribution in [2.75, 3.05) is 33.8 Å². The number of carbonyl (C=O) groups is 1. The van der Waals surface area contributed by atoms with Crippen LogP contribution in [0.5, 0.6) is 11.5 Å². The van der Waals surface area contributed by atoms with Gasteiger partial charge >= 0.3 is 0 Å². The van der Waals surface area contributed by atoms with E-state index in [0.29, 0.717) is 23.0 Å². The monoisotopic (exact) mass is 306 g/mol. The Morgan fingerprint density at radius 3 is 2.82 bits per heavy atom. The molecular formula is C17H26N2O3. The highest BCUT2D eigenvalue weighted by atomic mass is 16.5. The summed E-state index contributed by atoms with van der Waals surface area (Å²) in [7, 11) is 3.54. The van der Waals surface area contributed by atoms with Crippen LogP contribution in [0.25, 0.3) is 0 Å². The number of amides is 1. The average Bonchev–Trinajstić information content (AvgIpc) is 2.95. The molecule has 122 valence electrons. The van der Waals surface area contributed by atoms with Crippen molar-refractivity contribution in [3.63, 3.8) is 0 Å². The smallest absolute Gasteiger partial charge is 0.254 e. The zero-order valence-corrected chi connectivity index (χ0v) is 13.9. The number of benzene rings is 1. The lowest BCUT2D eigenvalue weighted by Crippen LogP contribution is -2.30. The molecule has 1 amide bonds. The lowest BCUT2D eigenvalue weighted by Gasteiger charge is -2.18. The van der Waals surface area contributed by atoms with Crippen molar-refractivity contribution >= 4 is 5.91 Å². The zero-order chi connectivity index (χ0) is 16.1. The Bertz CT molecular complexity index is 517. The second-order valence-corrected chi connectivity index (χ2v) is 6.00. The molecule has 1 N–H and O–H groups in total. The summed E-state index contributed by atoms with van der Waals surface area (Å²) in [5, 5.41) is 3.18. The Morgan fingerprint density at radius 2 is 2.18 bits per heavy atom. The van der Waals surface area contributed by atoms with Gasteiger partial charge in [0.25, 0.3) is 5.91 Å². The van der Waals surface area contributed by atoms with E-state index >= 15 is 0 Å². The van der Waals surface area contributed by atoms with Gasteiger partial charge in [-0.15, -0.1) is 0 Å². The number of likely N-dealkylation sites (tertiary alicyclic amines) is 1. The molecule has 1 unspecified atom stereocenters. The van der Waals surface area contributed by atoms with Crippen molar-refractivity contribution in [2.45, 2.75) is 26.4 Å². The van der Waals surface area contributed by atoms with Gasteiger partial charge in [-0.2, -0.15) is 0 Å². The van der Waals surface area contributed by atoms with Crippen molar-refractivity contribution in [1.29, 1.82) is 0 Å². The Labute approximate surface area is 132 Å². The molecule has 0 aromatic heterocycles. The van der Waals surface area contributed by atoms with Crippen molar-refractivity contribution < 1.29 is 14.3 Å². The van der Waals surface area contributed by atoms with E-state index in [-0.39, 0.29) is 12.0 Å². The Kier molecular flexibility index (Phi) is 5.66. The molecule has 0 radical (unpaired) electrons. The van der Waals surface area contributed by atoms with Crippen molar-refractivity contribution in [3.05, 3.63) is 23.8 Å². The van der Waals surface area contributed by atoms with Crippen LogP contribution in [-0.4, -0.2) is 50.7 Å². The normalized spacial score (nSPS) is 17.9. The molecule has 2 rings (SSSR count). The van der Waals surface area contributed by atoms with Gasteiger partial charge in [-0.25, -0.2) is 0 Å². The number of hydrogen-bond donors (Lipinski definition) is 1. The Hall–Kier alpha value is -1.75. The van der Waals surface area contributed by atoms with E-state index in [1.807, 2.05) is 37.9 Å². The van der Waals surface area contributed by atoms with E-state index < -0.39 is 0 Å². The molecule has 5 nitrogen and oxygen atoms in total. The predicted molar refractivity (Wildman–Crippen MR) is 86.7 cm³/mol. The molecule has 0 saturated carbocycles. The van der Waals surface area contributed by atoms with E-state index in [1.54, 1.807) is 13.2 Å². The number of hydrogen-bond acceptors (Lipinski definition) is 4. The van der Waals surface area contributed by atoms with Crippen molar-refractivity contribution in [1.82, 2.24) is 10.2 Å². The first-order valence-electron chi connectivity index (χ1n) is 7.83. The quantitative estimate of drug-likeness (QED) is 0.875. The summed E-state index contributed by atoms with van der Waals surface area (Å²) in [6.45, 7) is 6.51. The molecular weight excluding hydrogens is 280 g/mol. The summed E-state index contributed by atoms with van der Waals surface area (Å²) in [5.74, 6) is 1.88. The van der Waals surface area contributed by atoms with Crippen LogP contribution < -0.4 is 14.8 Å². The molecule has 5 heteroatoms. The predicted octanol–water partition coefficient (Wildman–Crippen LogP) is 2.16. The highest BCUT2D eigenvalue weighted by molar-refractivity contribution is 5.95. The summed E-state index contributed by atoms with van der Waals surface area (Å²) in [6.07, 6.45) is 1.12. The van der Waals surface area contributed by atoms with Crippen LogP contribution in [0.15, 0.2) is 18.2 Å². The van der Waals surface area contributed by atoms with Crippen molar-refractivity contribution in [3.8, 4) is 11.5 Å². The van der Waals surface area contributed by atoms with E-state index in [2.05, 4.69) is 5.32 Å². The van der Waals surface area contributed by atoms with E-state index in [4.69, 9.17) is 9.47 Å². The minimum atomic E-state index is 0.0630. The lowest BCUT2D eigenvalue weighted by atomic mass is 10.1. The molecule has 1 saturated heterocycles. The van der Waals surface area contributed by atoms with E-state index in [9.17, 15) is 4.79 Å². The largest absolute Gasteiger partial charge is 0.493 e. The molecule has 1 aliphatic heterocycles. The van der Waals surface area contributed by atoms with Gasteiger partial charge in [-0.1, -0.05) is 0 Å². The average molecular weight is 306 g/mol. The van der Waals surface area contributed by atoms with E-state index in [1.165, 1.54) is 0 Å². The first-order chi connectivity index (χ1) is 10.5. The maximum atomic E-state index is 12.6. The van der Waals surface area contributed by atoms with Gasteiger partial charge in [0.15, 0.2) is 11.5 Å². The summed E-state index contributed by atoms with van der Waals surface area (Å²) in [4.78, 5) is 14.5. The molecule has 1 aromatic carbocycles. The van der Waals surface area contributed by atoms with Crippen LogP contribution in [0, 0.1) is 5.92 Å². The maximum absolute atomic E-state index is 12.6. The molecule has 1 fully saturated rings. The fourth-order valence-corrected chi connectivity index (χ4v) is 2.81. The molecule has 0 bridgehead atoms. The first kappa shape index (κ1) is 16.6. The van der Waals surface area contributed by atoms with Crippen LogP contribution in [0.2, 0.25) is 0 Å². The molecule has 0 spiro atoms. The summed E-state index contributed by atoms with van der Waals surface area (Å²) >= 11 is 0. The topological polar surface area (TPSA) is 50.8 Å². The molecule has 22 heavy (non-hydrogen) atoms. The van der Waals surface area contributed by atoms with Gasteiger partial charge in [0.1, 0.15) is 0 Å². The summed E-state index contributed by atoms with van der Waals surface area (Å²) in [6, 6.07) is 5.40. The minimum absolute atomic E-state index is 0.0630. The molecule has 1 aliphatic rings. The number of rotatable bonds is 6. The molecule has 1 aromatic rings. The van der Waals surface area contributed by atoms with Gasteiger partial charge in [-0.3, -0.25) is 4.79 Å². The van der Waals surface area contributed by atoms with Crippen LogP contribution in [0.4, 0.5) is 0 Å². The van der Waals surface area contributed by atoms with Gasteiger partial charge < -0.3 is 19.7 Å². The molecule has 0 aliphatic carbocycles. The van der Waals surface area contributed by atoms with Crippen LogP contribution >= 0.6 is 0 Å². The van der Waals surface area contributed by atoms with Crippen molar-refractivity contribution in [2.24, 2.45) is 5.92 Å². The highest BCUT2D eigenvalue weighted by Crippen LogP contribution is 2.30. The molecule has 1 atom stereocenters. The maximum Gasteiger partial charge on any atom is 0.254 e. The Morgan fingerprint density at radius 1 is 1.41 bits per heavy atom. The van der Waals surface area contributed by atoms with Crippen LogP contribution in [0.3, 0.4) is 0 Å². The minimum Gasteiger partial charge on any atom is -0.493 e. The van der Waals surface area contributed by atoms with Gasteiger partial charge in [-0.05, 0) is 58.0 Å². The van der Waals surface area contributed by atoms with Gasteiger partial charge in [0.2, 0.25) is 0 Å². The summed E-state index contributed by atoms with van der Waals surface area (Å²) < 4.78 is 11.0. The van der Waals surface area contributed by atoms with Crippen LogP contribution in [0.1, 0.15) is 30.6 Å². The lowest BCUT2D eigenvalue weighted by molar-refractivity contribution is 0.0786. The number of nitrogens with zero attached hydrogens (tertiary/aromatic N) is 1. The third-order valence-electron chi connectivity index (χ3n) is 3.84. The zero-order valence-electron chi connectivity index (χ0n) is 13.9. The fraction of sp³-hybridized carbons (Fsp3) is 0.588. The first-order valence-corrected chi connectivity index (χ1v) is 7.83. The second-order valence-electron chi connectivity index (χ2n) is 6.00. The number of carbonyl (C=O) groups excluding carboxylic acids is 1. The highest BCUT2D eigenvalue weighted by Gasteiger charge is 2.27. The third kappa shape index (κ3) is 3.91. The standard InChI is InChI=1S/C17H26N2O3/c1-12(2)22-15-6-5-14(9-16(15)21-4)17(20)19-8-7-13(11-19)10-18-3/h5-6,9,12-13,18H,7-8,10-11H2,1-4H3. The number of ether oxygens (including phenoxy) is 2.